The molecule has 0 spiro atoms. The molecule has 0 atom stereocenters. The van der Waals surface area contributed by atoms with Gasteiger partial charge in [0.15, 0.2) is 5.75 Å². The van der Waals surface area contributed by atoms with Crippen LogP contribution in [0.3, 0.4) is 0 Å². The Balaban J connectivity index is 1.76. The predicted molar refractivity (Wildman–Crippen MR) is 145 cm³/mol. The zero-order valence-electron chi connectivity index (χ0n) is 21.2. The molecule has 0 aromatic heterocycles. The number of sulfonamides is 1. The fourth-order valence-corrected chi connectivity index (χ4v) is 4.95. The highest BCUT2D eigenvalue weighted by molar-refractivity contribution is 7.89. The highest BCUT2D eigenvalue weighted by Crippen LogP contribution is 2.26. The summed E-state index contributed by atoms with van der Waals surface area (Å²) in [6.45, 7) is 0.831. The lowest BCUT2D eigenvalue weighted by molar-refractivity contribution is -0.385. The first-order valence-corrected chi connectivity index (χ1v) is 13.1. The molecule has 0 unspecified atom stereocenters. The van der Waals surface area contributed by atoms with Crippen molar-refractivity contribution in [2.45, 2.75) is 18.2 Å². The second-order valence-electron chi connectivity index (χ2n) is 8.26. The van der Waals surface area contributed by atoms with E-state index in [4.69, 9.17) is 4.74 Å². The molecule has 0 fully saturated rings. The van der Waals surface area contributed by atoms with E-state index in [-0.39, 0.29) is 28.8 Å². The van der Waals surface area contributed by atoms with Gasteiger partial charge in [0.05, 0.1) is 29.7 Å². The summed E-state index contributed by atoms with van der Waals surface area (Å²) in [5, 5.41) is 17.6. The van der Waals surface area contributed by atoms with Gasteiger partial charge in [0, 0.05) is 30.8 Å². The van der Waals surface area contributed by atoms with E-state index in [1.807, 2.05) is 30.3 Å². The molecule has 0 bridgehead atoms. The summed E-state index contributed by atoms with van der Waals surface area (Å²) in [4.78, 5) is 34.5. The number of hydrogen-bond donors (Lipinski definition) is 2. The smallest absolute Gasteiger partial charge is 0.311 e. The van der Waals surface area contributed by atoms with Crippen molar-refractivity contribution in [3.8, 4) is 5.75 Å². The molecular weight excluding hydrogens is 526 g/mol. The molecule has 3 aromatic carbocycles. The molecular formula is C26H27N5O7S. The molecule has 13 heteroatoms. The van der Waals surface area contributed by atoms with Gasteiger partial charge in [-0.05, 0) is 48.4 Å². The number of carbonyl (C=O) groups is 2. The van der Waals surface area contributed by atoms with E-state index >= 15 is 0 Å². The molecule has 0 saturated carbocycles. The number of ether oxygens (including phenoxy) is 1. The lowest BCUT2D eigenvalue weighted by atomic mass is 10.1. The van der Waals surface area contributed by atoms with Crippen LogP contribution in [-0.2, 0) is 26.0 Å². The average Bonchev–Trinajstić information content (AvgIpc) is 2.91. The van der Waals surface area contributed by atoms with Crippen molar-refractivity contribution >= 4 is 39.4 Å². The quantitative estimate of drug-likeness (QED) is 0.198. The van der Waals surface area contributed by atoms with Crippen LogP contribution in [0.15, 0.2) is 82.8 Å². The number of nitrogens with zero attached hydrogens (tertiary/aromatic N) is 3. The Morgan fingerprint density at radius 1 is 1.08 bits per heavy atom. The Labute approximate surface area is 225 Å². The Morgan fingerprint density at radius 2 is 1.77 bits per heavy atom. The number of methoxy groups -OCH3 is 1. The maximum absolute atomic E-state index is 13.4. The van der Waals surface area contributed by atoms with Crippen LogP contribution >= 0.6 is 0 Å². The number of anilines is 1. The van der Waals surface area contributed by atoms with Gasteiger partial charge in [0.1, 0.15) is 0 Å². The molecule has 12 nitrogen and oxygen atoms in total. The van der Waals surface area contributed by atoms with E-state index in [2.05, 4.69) is 15.8 Å². The van der Waals surface area contributed by atoms with E-state index in [9.17, 15) is 28.1 Å². The summed E-state index contributed by atoms with van der Waals surface area (Å²) in [5.74, 6) is -0.928. The summed E-state index contributed by atoms with van der Waals surface area (Å²) in [6, 6.07) is 19.0. The first kappa shape index (κ1) is 28.9. The topological polar surface area (TPSA) is 160 Å². The monoisotopic (exact) mass is 553 g/mol. The van der Waals surface area contributed by atoms with E-state index in [1.165, 1.54) is 62.7 Å². The third kappa shape index (κ3) is 8.18. The molecule has 0 heterocycles. The lowest BCUT2D eigenvalue weighted by Crippen LogP contribution is -2.40. The highest BCUT2D eigenvalue weighted by Gasteiger charge is 2.26. The third-order valence-corrected chi connectivity index (χ3v) is 7.29. The molecule has 3 rings (SSSR count). The zero-order valence-corrected chi connectivity index (χ0v) is 22.1. The van der Waals surface area contributed by atoms with E-state index in [0.717, 1.165) is 9.87 Å². The fourth-order valence-electron chi connectivity index (χ4n) is 3.55. The second kappa shape index (κ2) is 13.3. The Bertz CT molecular complexity index is 1460. The molecule has 2 amide bonds. The molecule has 0 radical (unpaired) electrons. The normalized spacial score (nSPS) is 11.4. The van der Waals surface area contributed by atoms with Gasteiger partial charge < -0.3 is 10.1 Å². The van der Waals surface area contributed by atoms with Gasteiger partial charge in [0.25, 0.3) is 5.91 Å². The largest absolute Gasteiger partial charge is 0.490 e. The molecule has 0 aliphatic heterocycles. The van der Waals surface area contributed by atoms with Gasteiger partial charge in [-0.25, -0.2) is 13.8 Å². The molecule has 0 aliphatic carbocycles. The highest BCUT2D eigenvalue weighted by atomic mass is 32.2. The van der Waals surface area contributed by atoms with E-state index in [0.29, 0.717) is 17.7 Å². The maximum atomic E-state index is 13.4. The van der Waals surface area contributed by atoms with Gasteiger partial charge in [0.2, 0.25) is 15.9 Å². The van der Waals surface area contributed by atoms with Gasteiger partial charge >= 0.3 is 5.69 Å². The number of nitro groups is 1. The van der Waals surface area contributed by atoms with E-state index < -0.39 is 27.4 Å². The van der Waals surface area contributed by atoms with Crippen molar-refractivity contribution in [2.24, 2.45) is 5.10 Å². The minimum atomic E-state index is -4.09. The fraction of sp³-hybridized carbons (Fsp3) is 0.192. The summed E-state index contributed by atoms with van der Waals surface area (Å²) >= 11 is 0. The van der Waals surface area contributed by atoms with Gasteiger partial charge in [-0.1, -0.05) is 30.3 Å². The standard InChI is InChI=1S/C26H27N5O7S/c1-19(32)28-22-9-11-23(12-10-22)39(36,37)30(15-14-20-6-4-3-5-7-20)18-26(33)29-27-17-21-8-13-25(38-2)24(16-21)31(34)35/h3-13,16-17H,14-15,18H2,1-2H3,(H,28,32)(H,29,33)/b27-17+. The van der Waals surface area contributed by atoms with Crippen molar-refractivity contribution < 1.29 is 27.7 Å². The van der Waals surface area contributed by atoms with Crippen molar-refractivity contribution in [2.75, 3.05) is 25.5 Å². The van der Waals surface area contributed by atoms with Crippen molar-refractivity contribution in [3.05, 3.63) is 94.0 Å². The van der Waals surface area contributed by atoms with Crippen LogP contribution in [0.2, 0.25) is 0 Å². The summed E-state index contributed by atoms with van der Waals surface area (Å²) in [7, 11) is -2.78. The van der Waals surface area contributed by atoms with Crippen LogP contribution in [0, 0.1) is 10.1 Å². The molecule has 2 N–H and O–H groups in total. The predicted octanol–water partition coefficient (Wildman–Crippen LogP) is 2.95. The van der Waals surface area contributed by atoms with Crippen LogP contribution < -0.4 is 15.5 Å². The first-order chi connectivity index (χ1) is 18.6. The number of benzene rings is 3. The third-order valence-electron chi connectivity index (χ3n) is 5.43. The van der Waals surface area contributed by atoms with Gasteiger partial charge in [-0.15, -0.1) is 0 Å². The Hall–Kier alpha value is -4.62. The van der Waals surface area contributed by atoms with E-state index in [1.54, 1.807) is 0 Å². The Kier molecular flexibility index (Phi) is 9.84. The minimum absolute atomic E-state index is 0.0155. The number of rotatable bonds is 12. The van der Waals surface area contributed by atoms with Gasteiger partial charge in [-0.3, -0.25) is 19.7 Å². The second-order valence-corrected chi connectivity index (χ2v) is 10.2. The van der Waals surface area contributed by atoms with Crippen molar-refractivity contribution in [1.29, 1.82) is 0 Å². The molecule has 0 aliphatic rings. The van der Waals surface area contributed by atoms with Crippen molar-refractivity contribution in [3.63, 3.8) is 0 Å². The van der Waals surface area contributed by atoms with Crippen molar-refractivity contribution in [1.82, 2.24) is 9.73 Å². The number of amides is 2. The molecule has 0 saturated heterocycles. The van der Waals surface area contributed by atoms with Crippen LogP contribution in [0.4, 0.5) is 11.4 Å². The number of hydrazone groups is 1. The van der Waals surface area contributed by atoms with Gasteiger partial charge in [-0.2, -0.15) is 9.41 Å². The van der Waals surface area contributed by atoms with Crippen LogP contribution in [0.1, 0.15) is 18.1 Å². The summed E-state index contributed by atoms with van der Waals surface area (Å²) in [5.41, 5.74) is 3.65. The molecule has 39 heavy (non-hydrogen) atoms. The number of hydrogen-bond acceptors (Lipinski definition) is 8. The summed E-state index contributed by atoms with van der Waals surface area (Å²) in [6.07, 6.45) is 1.56. The van der Waals surface area contributed by atoms with Crippen LogP contribution in [0.5, 0.6) is 5.75 Å². The summed E-state index contributed by atoms with van der Waals surface area (Å²) < 4.78 is 32.8. The number of carbonyl (C=O) groups excluding carboxylic acids is 2. The maximum Gasteiger partial charge on any atom is 0.311 e. The first-order valence-electron chi connectivity index (χ1n) is 11.7. The van der Waals surface area contributed by atoms with Crippen LogP contribution in [-0.4, -0.2) is 55.9 Å². The Morgan fingerprint density at radius 3 is 2.38 bits per heavy atom. The molecule has 3 aromatic rings. The average molecular weight is 554 g/mol. The lowest BCUT2D eigenvalue weighted by Gasteiger charge is -2.21. The number of nitrogens with one attached hydrogen (secondary N) is 2. The SMILES string of the molecule is COc1ccc(/C=N/NC(=O)CN(CCc2ccccc2)S(=O)(=O)c2ccc(NC(C)=O)cc2)cc1[N+](=O)[O-]. The zero-order chi connectivity index (χ0) is 28.4. The minimum Gasteiger partial charge on any atom is -0.490 e. The number of nitro benzene ring substituents is 1. The molecule has 204 valence electrons. The van der Waals surface area contributed by atoms with Crippen LogP contribution in [0.25, 0.3) is 0 Å².